The van der Waals surface area contributed by atoms with E-state index >= 15 is 0 Å². The minimum Gasteiger partial charge on any atom is -0.494 e. The summed E-state index contributed by atoms with van der Waals surface area (Å²) in [6, 6.07) is 19.0. The Bertz CT molecular complexity index is 4200. The Morgan fingerprint density at radius 2 is 1.22 bits per heavy atom. The van der Waals surface area contributed by atoms with Crippen molar-refractivity contribution in [3.63, 3.8) is 0 Å². The molecule has 0 unspecified atom stereocenters. The third-order valence-electron chi connectivity index (χ3n) is 14.1. The number of aromatic nitrogens is 5. The second kappa shape index (κ2) is 31.9. The van der Waals surface area contributed by atoms with Crippen LogP contribution in [0.15, 0.2) is 121 Å². The van der Waals surface area contributed by atoms with Crippen LogP contribution in [0.1, 0.15) is 93.8 Å². The van der Waals surface area contributed by atoms with Crippen molar-refractivity contribution in [3.05, 3.63) is 105 Å². The number of primary amides is 1. The van der Waals surface area contributed by atoms with Crippen LogP contribution in [0.5, 0.6) is 11.5 Å². The van der Waals surface area contributed by atoms with Gasteiger partial charge >= 0.3 is 10.1 Å². The number of thioether (sulfide) groups is 1. The zero-order valence-corrected chi connectivity index (χ0v) is 55.1. The van der Waals surface area contributed by atoms with Crippen molar-refractivity contribution < 1.29 is 51.2 Å². The average molecular weight is 1340 g/mol. The van der Waals surface area contributed by atoms with Crippen LogP contribution in [0.3, 0.4) is 0 Å². The Labute approximate surface area is 547 Å². The molecule has 0 atom stereocenters. The fraction of sp³-hybridized carbons (Fsp3) is 0.295. The average Bonchev–Trinajstić information content (AvgIpc) is 1.55. The Morgan fingerprint density at radius 1 is 0.688 bits per heavy atom. The lowest BCUT2D eigenvalue weighted by molar-refractivity contribution is -0.120. The third-order valence-corrected chi connectivity index (χ3v) is 18.0. The predicted molar refractivity (Wildman–Crippen MR) is 360 cm³/mol. The van der Waals surface area contributed by atoms with E-state index in [9.17, 15) is 41.7 Å². The predicted octanol–water partition coefficient (Wildman–Crippen LogP) is 12.4. The van der Waals surface area contributed by atoms with Gasteiger partial charge in [0, 0.05) is 72.4 Å². The van der Waals surface area contributed by atoms with Crippen molar-refractivity contribution in [1.82, 2.24) is 24.9 Å². The molecule has 0 saturated heterocycles. The number of nitrogens with one attached hydrogen (secondary N) is 5. The fourth-order valence-corrected chi connectivity index (χ4v) is 13.1. The topological polar surface area (TPSA) is 382 Å². The van der Waals surface area contributed by atoms with Crippen LogP contribution in [-0.2, 0) is 34.1 Å². The molecule has 7 aromatic rings. The highest BCUT2D eigenvalue weighted by molar-refractivity contribution is 7.99. The van der Waals surface area contributed by atoms with Crippen LogP contribution in [0.4, 0.5) is 73.3 Å². The molecule has 4 aromatic carbocycles. The summed E-state index contributed by atoms with van der Waals surface area (Å²) in [6.45, 7) is 12.7. The number of thiazole rings is 2. The number of hydrogen-bond acceptors (Lipinski definition) is 26. The largest absolute Gasteiger partial charge is 0.494 e. The Morgan fingerprint density at radius 3 is 1.73 bits per heavy atom. The van der Waals surface area contributed by atoms with Gasteiger partial charge in [0.25, 0.3) is 11.8 Å². The molecular formula is C61H67N17O11S4. The highest BCUT2D eigenvalue weighted by Crippen LogP contribution is 2.44. The summed E-state index contributed by atoms with van der Waals surface area (Å²) >= 11 is 3.19. The number of benzene rings is 4. The van der Waals surface area contributed by atoms with Gasteiger partial charge in [-0.1, -0.05) is 65.8 Å². The summed E-state index contributed by atoms with van der Waals surface area (Å²) in [5.41, 5.74) is 8.21. The van der Waals surface area contributed by atoms with Crippen molar-refractivity contribution >= 4 is 166 Å². The zero-order chi connectivity index (χ0) is 66.9. The van der Waals surface area contributed by atoms with Gasteiger partial charge in [0.15, 0.2) is 16.7 Å². The quantitative estimate of drug-likeness (QED) is 0.00549. The summed E-state index contributed by atoms with van der Waals surface area (Å²) < 4.78 is 47.9. The van der Waals surface area contributed by atoms with Crippen LogP contribution in [-0.4, -0.2) is 119 Å². The van der Waals surface area contributed by atoms with E-state index in [2.05, 4.69) is 61.9 Å². The number of amides is 4. The molecule has 0 bridgehead atoms. The van der Waals surface area contributed by atoms with Crippen molar-refractivity contribution in [2.45, 2.75) is 89.1 Å². The number of ketones is 2. The van der Waals surface area contributed by atoms with Crippen LogP contribution >= 0.6 is 34.4 Å². The van der Waals surface area contributed by atoms with E-state index in [0.29, 0.717) is 93.9 Å². The summed E-state index contributed by atoms with van der Waals surface area (Å²) in [7, 11) is -2.07. The first-order valence-electron chi connectivity index (χ1n) is 29.1. The summed E-state index contributed by atoms with van der Waals surface area (Å²) in [4.78, 5) is 103. The molecule has 28 nitrogen and oxygen atoms in total. The molecule has 8 N–H and O–H groups in total. The number of azo groups is 2. The van der Waals surface area contributed by atoms with Gasteiger partial charge < -0.3 is 51.6 Å². The Balaban J connectivity index is 1.18. The highest BCUT2D eigenvalue weighted by atomic mass is 32.2. The number of nitrogens with zero attached hydrogens (tertiary/aromatic N) is 11. The van der Waals surface area contributed by atoms with E-state index in [1.54, 1.807) is 49.6 Å². The molecule has 1 aliphatic rings. The van der Waals surface area contributed by atoms with Gasteiger partial charge in [-0.15, -0.1) is 20.5 Å². The fourth-order valence-electron chi connectivity index (χ4n) is 9.56. The van der Waals surface area contributed by atoms with E-state index < -0.39 is 50.0 Å². The minimum atomic E-state index is -5.10. The monoisotopic (exact) mass is 1340 g/mol. The molecule has 0 aliphatic heterocycles. The molecule has 0 radical (unpaired) electrons. The first kappa shape index (κ1) is 69.0. The number of rotatable bonds is 30. The minimum absolute atomic E-state index is 0.0655. The molecule has 8 rings (SSSR count). The van der Waals surface area contributed by atoms with Crippen LogP contribution in [0.2, 0.25) is 0 Å². The van der Waals surface area contributed by atoms with Crippen molar-refractivity contribution in [2.24, 2.45) is 26.2 Å². The molecule has 3 heterocycles. The molecule has 486 valence electrons. The van der Waals surface area contributed by atoms with Crippen LogP contribution in [0.25, 0.3) is 12.2 Å². The molecule has 3 aromatic heterocycles. The molecule has 32 heteroatoms. The molecule has 1 aliphatic carbocycles. The van der Waals surface area contributed by atoms with E-state index in [-0.39, 0.29) is 60.5 Å². The normalized spacial score (nSPS) is 13.0. The maximum absolute atomic E-state index is 13.5. The smallest absolute Gasteiger partial charge is 0.313 e. The SMILES string of the molecule is CCN(CC)c1cc(Nc2nc(Nc3cc(N(CC)CC)c(OC)cc3N=Nc3nc(S(=O)(=O)O)c(C=C(C(C)=O)C(=O)Nc4cccc(C(N)=O)c4)s3)nc(SC3CCCCC3)n2)c(N=Nc2ncc(C=C(C(C)=O)C(=O)Nc3cccc(NC=O)c3)s2)cc1OC. The number of carbonyl (C=O) groups is 6. The summed E-state index contributed by atoms with van der Waals surface area (Å²) in [5, 5.41) is 32.0. The van der Waals surface area contributed by atoms with E-state index in [4.69, 9.17) is 30.2 Å². The lowest BCUT2D eigenvalue weighted by atomic mass is 10.0. The first-order chi connectivity index (χ1) is 44.6. The maximum atomic E-state index is 13.5. The maximum Gasteiger partial charge on any atom is 0.313 e. The third kappa shape index (κ3) is 18.2. The number of nitrogens with two attached hydrogens (primary N) is 1. The summed E-state index contributed by atoms with van der Waals surface area (Å²) in [5.74, 6) is -2.65. The summed E-state index contributed by atoms with van der Waals surface area (Å²) in [6.07, 6.45) is 9.38. The lowest BCUT2D eigenvalue weighted by Gasteiger charge is -2.25. The lowest BCUT2D eigenvalue weighted by Crippen LogP contribution is -2.22. The zero-order valence-electron chi connectivity index (χ0n) is 51.8. The molecular weight excluding hydrogens is 1280 g/mol. The second-order valence-electron chi connectivity index (χ2n) is 20.3. The molecule has 1 fully saturated rings. The van der Waals surface area contributed by atoms with Gasteiger partial charge in [0.1, 0.15) is 22.9 Å². The van der Waals surface area contributed by atoms with E-state index in [1.165, 1.54) is 62.3 Å². The number of methoxy groups -OCH3 is 2. The van der Waals surface area contributed by atoms with Gasteiger partial charge in [0.2, 0.25) is 39.5 Å². The highest BCUT2D eigenvalue weighted by Gasteiger charge is 2.27. The Hall–Kier alpha value is -9.89. The second-order valence-corrected chi connectivity index (χ2v) is 25.0. The number of carbonyl (C=O) groups excluding carboxylic acids is 6. The molecule has 1 saturated carbocycles. The van der Waals surface area contributed by atoms with Gasteiger partial charge in [-0.25, -0.2) is 9.97 Å². The van der Waals surface area contributed by atoms with Crippen molar-refractivity contribution in [1.29, 1.82) is 0 Å². The molecule has 4 amide bonds. The number of Topliss-reactive ketones (excluding diaryl/α,β-unsaturated/α-hetero) is 2. The molecule has 93 heavy (non-hydrogen) atoms. The van der Waals surface area contributed by atoms with Crippen molar-refractivity contribution in [2.75, 3.05) is 76.8 Å². The standard InChI is InChI=1S/C61H67N17O11S4/c1-9-77(10-2)48-28-44(46(30-50(48)88-7)73-75-59-63-32-41(91-59)26-42(34(5)80)54(83)66-39-21-17-19-37(25-39)64-33-79)67-57-70-58(72-60(71-57)90-40-22-14-13-15-23-40)68-45-29-49(78(11-3)12-4)51(89-8)31-47(45)74-76-61-69-56(93(85,86)87)52(92-61)27-43(35(6)81)55(84)65-38-20-16-18-36(24-38)53(62)82/h16-21,24-33,40H,9-15,22-23H2,1-8H3,(H2,62,82)(H,64,79)(H,65,84)(H,66,83)(H,85,86,87)(H2,67,68,70,71,72). The van der Waals surface area contributed by atoms with E-state index in [0.717, 1.165) is 62.1 Å². The van der Waals surface area contributed by atoms with Crippen LogP contribution in [0, 0.1) is 0 Å². The first-order valence-corrected chi connectivity index (χ1v) is 33.1. The number of hydrogen-bond donors (Lipinski definition) is 7. The van der Waals surface area contributed by atoms with Crippen LogP contribution < -0.4 is 51.6 Å². The van der Waals surface area contributed by atoms with Crippen molar-refractivity contribution in [3.8, 4) is 11.5 Å². The van der Waals surface area contributed by atoms with Gasteiger partial charge in [0.05, 0.1) is 57.9 Å². The van der Waals surface area contributed by atoms with Gasteiger partial charge in [-0.3, -0.25) is 33.3 Å². The van der Waals surface area contributed by atoms with E-state index in [1.807, 2.05) is 38.7 Å². The number of ether oxygens (including phenoxy) is 2. The Kier molecular flexibility index (Phi) is 23.7. The number of anilines is 9. The van der Waals surface area contributed by atoms with Gasteiger partial charge in [-0.2, -0.15) is 23.4 Å². The molecule has 0 spiro atoms. The van der Waals surface area contributed by atoms with Gasteiger partial charge in [-0.05, 0) is 115 Å².